The van der Waals surface area contributed by atoms with Crippen LogP contribution in [0.25, 0.3) is 0 Å². The molecular formula is C8H15NO5S. The van der Waals surface area contributed by atoms with Crippen LogP contribution < -0.4 is 4.72 Å². The van der Waals surface area contributed by atoms with Gasteiger partial charge in [-0.05, 0) is 19.8 Å². The van der Waals surface area contributed by atoms with Gasteiger partial charge in [-0.1, -0.05) is 0 Å². The molecule has 0 saturated carbocycles. The third kappa shape index (κ3) is 4.15. The van der Waals surface area contributed by atoms with Crippen LogP contribution >= 0.6 is 0 Å². The molecule has 1 saturated heterocycles. The Morgan fingerprint density at radius 1 is 1.67 bits per heavy atom. The topological polar surface area (TPSA) is 92.7 Å². The largest absolute Gasteiger partial charge is 0.480 e. The minimum absolute atomic E-state index is 0.145. The molecule has 6 nitrogen and oxygen atoms in total. The molecule has 0 spiro atoms. The van der Waals surface area contributed by atoms with Crippen molar-refractivity contribution in [1.82, 2.24) is 4.72 Å². The second-order valence-electron chi connectivity index (χ2n) is 3.61. The molecule has 0 aromatic heterocycles. The third-order valence-corrected chi connectivity index (χ3v) is 3.56. The Labute approximate surface area is 88.7 Å². The Hall–Kier alpha value is -0.660. The first kappa shape index (κ1) is 12.4. The Kier molecular flexibility index (Phi) is 4.06. The summed E-state index contributed by atoms with van der Waals surface area (Å²) < 4.78 is 30.1. The molecule has 1 heterocycles. The quantitative estimate of drug-likeness (QED) is 0.676. The monoisotopic (exact) mass is 237 g/mol. The molecule has 88 valence electrons. The maximum atomic E-state index is 11.3. The number of hydrogen-bond donors (Lipinski definition) is 2. The molecular weight excluding hydrogens is 222 g/mol. The molecule has 15 heavy (non-hydrogen) atoms. The summed E-state index contributed by atoms with van der Waals surface area (Å²) in [5.74, 6) is -2.26. The van der Waals surface area contributed by atoms with Crippen LogP contribution in [0.2, 0.25) is 0 Å². The fourth-order valence-corrected chi connectivity index (χ4v) is 2.69. The number of sulfonamides is 1. The summed E-state index contributed by atoms with van der Waals surface area (Å²) in [4.78, 5) is 10.3. The predicted octanol–water partition coefficient (Wildman–Crippen LogP) is -0.442. The lowest BCUT2D eigenvalue weighted by atomic mass is 10.1. The highest BCUT2D eigenvalue weighted by atomic mass is 32.2. The lowest BCUT2D eigenvalue weighted by Gasteiger charge is -2.19. The van der Waals surface area contributed by atoms with Gasteiger partial charge in [0.25, 0.3) is 0 Å². The van der Waals surface area contributed by atoms with Gasteiger partial charge in [0.15, 0.2) is 5.75 Å². The number of aliphatic carboxylic acids is 1. The predicted molar refractivity (Wildman–Crippen MR) is 53.0 cm³/mol. The number of carboxylic acid groups (broad SMARTS) is 1. The van der Waals surface area contributed by atoms with Crippen LogP contribution in [0.5, 0.6) is 0 Å². The standard InChI is InChI=1S/C8H15NO5S/c1-6(7-3-2-4-14-7)9-15(12,13)5-8(10)11/h6-7,9H,2-5H2,1H3,(H,10,11). The van der Waals surface area contributed by atoms with Gasteiger partial charge >= 0.3 is 5.97 Å². The van der Waals surface area contributed by atoms with Crippen molar-refractivity contribution in [2.75, 3.05) is 12.4 Å². The summed E-state index contributed by atoms with van der Waals surface area (Å²) in [6.07, 6.45) is 1.57. The third-order valence-electron chi connectivity index (χ3n) is 2.20. The molecule has 0 aromatic rings. The summed E-state index contributed by atoms with van der Waals surface area (Å²) in [5, 5.41) is 8.38. The van der Waals surface area contributed by atoms with E-state index in [4.69, 9.17) is 9.84 Å². The Balaban J connectivity index is 2.49. The Bertz CT molecular complexity index is 320. The molecule has 0 aliphatic carbocycles. The highest BCUT2D eigenvalue weighted by molar-refractivity contribution is 7.90. The van der Waals surface area contributed by atoms with Gasteiger partial charge in [-0.3, -0.25) is 4.79 Å². The lowest BCUT2D eigenvalue weighted by molar-refractivity contribution is -0.134. The molecule has 1 rings (SSSR count). The summed E-state index contributed by atoms with van der Waals surface area (Å²) >= 11 is 0. The Morgan fingerprint density at radius 2 is 2.33 bits per heavy atom. The maximum Gasteiger partial charge on any atom is 0.320 e. The van der Waals surface area contributed by atoms with Crippen molar-refractivity contribution in [3.63, 3.8) is 0 Å². The number of carboxylic acids is 1. The molecule has 1 aliphatic rings. The summed E-state index contributed by atoms with van der Waals surface area (Å²) in [6, 6.07) is -0.378. The molecule has 0 aromatic carbocycles. The number of nitrogens with one attached hydrogen (secondary N) is 1. The number of carbonyl (C=O) groups is 1. The minimum atomic E-state index is -3.75. The second-order valence-corrected chi connectivity index (χ2v) is 5.36. The smallest absolute Gasteiger partial charge is 0.320 e. The number of ether oxygens (including phenoxy) is 1. The molecule has 1 fully saturated rings. The number of rotatable bonds is 5. The zero-order chi connectivity index (χ0) is 11.5. The van der Waals surface area contributed by atoms with E-state index in [1.165, 1.54) is 0 Å². The summed E-state index contributed by atoms with van der Waals surface area (Å²) in [7, 11) is -3.75. The highest BCUT2D eigenvalue weighted by Crippen LogP contribution is 2.15. The van der Waals surface area contributed by atoms with Crippen molar-refractivity contribution in [3.05, 3.63) is 0 Å². The van der Waals surface area contributed by atoms with Gasteiger partial charge in [-0.2, -0.15) is 0 Å². The molecule has 2 N–H and O–H groups in total. The van der Waals surface area contributed by atoms with Crippen LogP contribution in [-0.4, -0.2) is 44.0 Å². The summed E-state index contributed by atoms with van der Waals surface area (Å²) in [5.41, 5.74) is 0. The van der Waals surface area contributed by atoms with Crippen molar-refractivity contribution in [2.24, 2.45) is 0 Å². The Morgan fingerprint density at radius 3 is 2.80 bits per heavy atom. The van der Waals surface area contributed by atoms with E-state index in [9.17, 15) is 13.2 Å². The zero-order valence-electron chi connectivity index (χ0n) is 8.47. The zero-order valence-corrected chi connectivity index (χ0v) is 9.29. The van der Waals surface area contributed by atoms with Crippen LogP contribution in [0.3, 0.4) is 0 Å². The van der Waals surface area contributed by atoms with Crippen LogP contribution in [0, 0.1) is 0 Å². The second kappa shape index (κ2) is 4.91. The van der Waals surface area contributed by atoms with Crippen molar-refractivity contribution < 1.29 is 23.1 Å². The van der Waals surface area contributed by atoms with Crippen LogP contribution in [0.1, 0.15) is 19.8 Å². The van der Waals surface area contributed by atoms with Crippen molar-refractivity contribution in [3.8, 4) is 0 Å². The fraction of sp³-hybridized carbons (Fsp3) is 0.875. The minimum Gasteiger partial charge on any atom is -0.480 e. The molecule has 2 atom stereocenters. The van der Waals surface area contributed by atoms with Gasteiger partial charge in [0.05, 0.1) is 6.10 Å². The lowest BCUT2D eigenvalue weighted by Crippen LogP contribution is -2.42. The van der Waals surface area contributed by atoms with E-state index in [2.05, 4.69) is 4.72 Å². The summed E-state index contributed by atoms with van der Waals surface area (Å²) in [6.45, 7) is 2.31. The SMILES string of the molecule is CC(NS(=O)(=O)CC(=O)O)C1CCCO1. The van der Waals surface area contributed by atoms with Crippen LogP contribution in [-0.2, 0) is 19.6 Å². The molecule has 2 unspecified atom stereocenters. The molecule has 0 amide bonds. The first-order valence-corrected chi connectivity index (χ1v) is 6.39. The average molecular weight is 237 g/mol. The van der Waals surface area contributed by atoms with Crippen molar-refractivity contribution in [1.29, 1.82) is 0 Å². The van der Waals surface area contributed by atoms with Gasteiger partial charge in [0.1, 0.15) is 0 Å². The fourth-order valence-electron chi connectivity index (χ4n) is 1.56. The van der Waals surface area contributed by atoms with Gasteiger partial charge in [-0.15, -0.1) is 0 Å². The molecule has 0 radical (unpaired) electrons. The number of hydrogen-bond acceptors (Lipinski definition) is 4. The highest BCUT2D eigenvalue weighted by Gasteiger charge is 2.27. The van der Waals surface area contributed by atoms with E-state index in [-0.39, 0.29) is 12.1 Å². The van der Waals surface area contributed by atoms with Gasteiger partial charge in [0.2, 0.25) is 10.0 Å². The van der Waals surface area contributed by atoms with Crippen LogP contribution in [0.15, 0.2) is 0 Å². The van der Waals surface area contributed by atoms with Gasteiger partial charge < -0.3 is 9.84 Å². The normalized spacial score (nSPS) is 23.9. The van der Waals surface area contributed by atoms with E-state index in [1.54, 1.807) is 6.92 Å². The first-order valence-electron chi connectivity index (χ1n) is 4.74. The molecule has 1 aliphatic heterocycles. The maximum absolute atomic E-state index is 11.3. The first-order chi connectivity index (χ1) is 6.91. The van der Waals surface area contributed by atoms with E-state index in [0.29, 0.717) is 6.61 Å². The average Bonchev–Trinajstić information content (AvgIpc) is 2.50. The van der Waals surface area contributed by atoms with Gasteiger partial charge in [-0.25, -0.2) is 13.1 Å². The van der Waals surface area contributed by atoms with Crippen molar-refractivity contribution in [2.45, 2.75) is 31.9 Å². The van der Waals surface area contributed by atoms with Crippen LogP contribution in [0.4, 0.5) is 0 Å². The molecule has 0 bridgehead atoms. The van der Waals surface area contributed by atoms with E-state index >= 15 is 0 Å². The van der Waals surface area contributed by atoms with E-state index in [1.807, 2.05) is 0 Å². The van der Waals surface area contributed by atoms with E-state index in [0.717, 1.165) is 12.8 Å². The van der Waals surface area contributed by atoms with Crippen molar-refractivity contribution >= 4 is 16.0 Å². The molecule has 7 heteroatoms. The van der Waals surface area contributed by atoms with E-state index < -0.39 is 21.7 Å². The van der Waals surface area contributed by atoms with Gasteiger partial charge in [0, 0.05) is 12.6 Å².